The van der Waals surface area contributed by atoms with Gasteiger partial charge in [-0.2, -0.15) is 0 Å². The minimum Gasteiger partial charge on any atom is -0.418 e. The molecule has 0 saturated carbocycles. The second-order valence-electron chi connectivity index (χ2n) is 3.77. The Morgan fingerprint density at radius 2 is 1.50 bits per heavy atom. The van der Waals surface area contributed by atoms with E-state index in [4.69, 9.17) is 9.16 Å². The highest BCUT2D eigenvalue weighted by Crippen LogP contribution is 2.10. The molecule has 0 rings (SSSR count). The van der Waals surface area contributed by atoms with Crippen molar-refractivity contribution in [2.24, 2.45) is 0 Å². The standard InChI is InChI=1S/C11H26O2Si/c1-4-6-10-14(11-7-5-2)13-9-8-12-3/h14H,4-11H2,1-3H3. The fourth-order valence-electron chi connectivity index (χ4n) is 1.47. The van der Waals surface area contributed by atoms with Gasteiger partial charge in [0.1, 0.15) is 0 Å². The second-order valence-corrected chi connectivity index (χ2v) is 6.50. The van der Waals surface area contributed by atoms with Crippen molar-refractivity contribution >= 4 is 9.04 Å². The molecule has 0 N–H and O–H groups in total. The number of hydrogen-bond donors (Lipinski definition) is 0. The molecule has 14 heavy (non-hydrogen) atoms. The third-order valence-electron chi connectivity index (χ3n) is 2.40. The summed E-state index contributed by atoms with van der Waals surface area (Å²) in [7, 11) is 0.853. The van der Waals surface area contributed by atoms with E-state index >= 15 is 0 Å². The molecular formula is C11H26O2Si. The van der Waals surface area contributed by atoms with Crippen LogP contribution in [0.5, 0.6) is 0 Å². The molecule has 0 fully saturated rings. The van der Waals surface area contributed by atoms with Gasteiger partial charge in [0.2, 0.25) is 0 Å². The zero-order valence-corrected chi connectivity index (χ0v) is 11.2. The van der Waals surface area contributed by atoms with Crippen molar-refractivity contribution in [3.63, 3.8) is 0 Å². The highest BCUT2D eigenvalue weighted by molar-refractivity contribution is 6.51. The number of hydrogen-bond acceptors (Lipinski definition) is 2. The summed E-state index contributed by atoms with van der Waals surface area (Å²) in [5.74, 6) is 0. The molecule has 0 aromatic carbocycles. The molecule has 0 aromatic heterocycles. The molecule has 2 nitrogen and oxygen atoms in total. The van der Waals surface area contributed by atoms with Gasteiger partial charge in [-0.15, -0.1) is 0 Å². The van der Waals surface area contributed by atoms with Gasteiger partial charge in [0.25, 0.3) is 0 Å². The van der Waals surface area contributed by atoms with Crippen molar-refractivity contribution < 1.29 is 9.16 Å². The summed E-state index contributed by atoms with van der Waals surface area (Å²) in [4.78, 5) is 0. The van der Waals surface area contributed by atoms with Gasteiger partial charge in [0.15, 0.2) is 9.04 Å². The first-order chi connectivity index (χ1) is 6.85. The number of methoxy groups -OCH3 is 1. The first-order valence-electron chi connectivity index (χ1n) is 5.95. The second kappa shape index (κ2) is 11.2. The van der Waals surface area contributed by atoms with Gasteiger partial charge in [-0.25, -0.2) is 0 Å². The molecule has 0 atom stereocenters. The third kappa shape index (κ3) is 8.72. The highest BCUT2D eigenvalue weighted by atomic mass is 28.3. The summed E-state index contributed by atoms with van der Waals surface area (Å²) in [5, 5.41) is 0. The molecule has 86 valence electrons. The van der Waals surface area contributed by atoms with Crippen LogP contribution in [0.1, 0.15) is 39.5 Å². The predicted octanol–water partition coefficient (Wildman–Crippen LogP) is 2.97. The van der Waals surface area contributed by atoms with Crippen LogP contribution in [0, 0.1) is 0 Å². The fourth-order valence-corrected chi connectivity index (χ4v) is 4.25. The van der Waals surface area contributed by atoms with Crippen LogP contribution < -0.4 is 0 Å². The van der Waals surface area contributed by atoms with Gasteiger partial charge in [-0.3, -0.25) is 0 Å². The van der Waals surface area contributed by atoms with Crippen LogP contribution in [0.15, 0.2) is 0 Å². The molecule has 0 unspecified atom stereocenters. The van der Waals surface area contributed by atoms with Crippen LogP contribution in [-0.2, 0) is 9.16 Å². The maximum Gasteiger partial charge on any atom is 0.177 e. The Morgan fingerprint density at radius 3 is 1.93 bits per heavy atom. The lowest BCUT2D eigenvalue weighted by Gasteiger charge is -2.15. The SMILES string of the molecule is CCCC[SiH](CCCC)OCCOC. The molecule has 0 aliphatic heterocycles. The van der Waals surface area contributed by atoms with Crippen molar-refractivity contribution in [2.75, 3.05) is 20.3 Å². The molecule has 0 aromatic rings. The average Bonchev–Trinajstić information content (AvgIpc) is 2.21. The van der Waals surface area contributed by atoms with E-state index in [1.807, 2.05) is 0 Å². The van der Waals surface area contributed by atoms with Crippen LogP contribution in [0.25, 0.3) is 0 Å². The summed E-state index contributed by atoms with van der Waals surface area (Å²) in [6.07, 6.45) is 5.27. The summed E-state index contributed by atoms with van der Waals surface area (Å²) >= 11 is 0. The smallest absolute Gasteiger partial charge is 0.177 e. The molecule has 0 amide bonds. The topological polar surface area (TPSA) is 18.5 Å². The van der Waals surface area contributed by atoms with Gasteiger partial charge in [-0.05, 0) is 12.1 Å². The number of rotatable bonds is 10. The van der Waals surface area contributed by atoms with Crippen LogP contribution in [0.4, 0.5) is 0 Å². The first-order valence-corrected chi connectivity index (χ1v) is 8.06. The van der Waals surface area contributed by atoms with E-state index in [0.29, 0.717) is 0 Å². The van der Waals surface area contributed by atoms with Crippen molar-refractivity contribution in [2.45, 2.75) is 51.6 Å². The van der Waals surface area contributed by atoms with Gasteiger partial charge in [-0.1, -0.05) is 39.5 Å². The number of unbranched alkanes of at least 4 members (excludes halogenated alkanes) is 2. The van der Waals surface area contributed by atoms with Crippen molar-refractivity contribution in [1.29, 1.82) is 0 Å². The quantitative estimate of drug-likeness (QED) is 0.414. The lowest BCUT2D eigenvalue weighted by atomic mass is 10.4. The summed E-state index contributed by atoms with van der Waals surface area (Å²) < 4.78 is 10.9. The molecule has 0 bridgehead atoms. The molecule has 0 aliphatic rings. The van der Waals surface area contributed by atoms with Crippen molar-refractivity contribution in [1.82, 2.24) is 0 Å². The van der Waals surface area contributed by atoms with E-state index in [1.54, 1.807) is 7.11 Å². The Hall–Kier alpha value is 0.137. The number of ether oxygens (including phenoxy) is 1. The van der Waals surface area contributed by atoms with E-state index in [-0.39, 0.29) is 0 Å². The van der Waals surface area contributed by atoms with Crippen LogP contribution in [0.2, 0.25) is 12.1 Å². The normalized spacial score (nSPS) is 11.1. The maximum atomic E-state index is 5.90. The highest BCUT2D eigenvalue weighted by Gasteiger charge is 2.10. The van der Waals surface area contributed by atoms with E-state index in [1.165, 1.54) is 37.8 Å². The van der Waals surface area contributed by atoms with Crippen LogP contribution >= 0.6 is 0 Å². The third-order valence-corrected chi connectivity index (χ3v) is 5.21. The predicted molar refractivity (Wildman–Crippen MR) is 64.4 cm³/mol. The maximum absolute atomic E-state index is 5.90. The van der Waals surface area contributed by atoms with E-state index in [9.17, 15) is 0 Å². The largest absolute Gasteiger partial charge is 0.418 e. The molecule has 0 aliphatic carbocycles. The van der Waals surface area contributed by atoms with Gasteiger partial charge in [0, 0.05) is 7.11 Å². The molecule has 0 radical (unpaired) electrons. The zero-order valence-electron chi connectivity index (χ0n) is 10.1. The first kappa shape index (κ1) is 14.1. The Morgan fingerprint density at radius 1 is 0.929 bits per heavy atom. The van der Waals surface area contributed by atoms with Gasteiger partial charge < -0.3 is 9.16 Å². The van der Waals surface area contributed by atoms with E-state index < -0.39 is 9.04 Å². The fraction of sp³-hybridized carbons (Fsp3) is 1.00. The minimum atomic E-state index is -0.881. The molecule has 0 spiro atoms. The Bertz CT molecular complexity index is 101. The Balaban J connectivity index is 3.49. The van der Waals surface area contributed by atoms with E-state index in [2.05, 4.69) is 13.8 Å². The molecule has 0 saturated heterocycles. The zero-order chi connectivity index (χ0) is 10.6. The average molecular weight is 218 g/mol. The Labute approximate surface area is 90.7 Å². The lowest BCUT2D eigenvalue weighted by molar-refractivity contribution is 0.145. The molecule has 3 heteroatoms. The van der Waals surface area contributed by atoms with Crippen molar-refractivity contribution in [3.8, 4) is 0 Å². The summed E-state index contributed by atoms with van der Waals surface area (Å²) in [6.45, 7) is 6.06. The van der Waals surface area contributed by atoms with E-state index in [0.717, 1.165) is 13.2 Å². The monoisotopic (exact) mass is 218 g/mol. The summed E-state index contributed by atoms with van der Waals surface area (Å²) in [6, 6.07) is 2.69. The summed E-state index contributed by atoms with van der Waals surface area (Å²) in [5.41, 5.74) is 0. The lowest BCUT2D eigenvalue weighted by Crippen LogP contribution is -2.20. The van der Waals surface area contributed by atoms with Gasteiger partial charge >= 0.3 is 0 Å². The van der Waals surface area contributed by atoms with Crippen molar-refractivity contribution in [3.05, 3.63) is 0 Å². The minimum absolute atomic E-state index is 0.752. The molecular weight excluding hydrogens is 192 g/mol. The van der Waals surface area contributed by atoms with Crippen LogP contribution in [-0.4, -0.2) is 29.4 Å². The van der Waals surface area contributed by atoms with Crippen LogP contribution in [0.3, 0.4) is 0 Å². The van der Waals surface area contributed by atoms with Gasteiger partial charge in [0.05, 0.1) is 13.2 Å². The Kier molecular flexibility index (Phi) is 11.3. The molecule has 0 heterocycles.